The molecular formula is C27H34O4. The van der Waals surface area contributed by atoms with E-state index in [4.69, 9.17) is 9.47 Å². The van der Waals surface area contributed by atoms with Crippen LogP contribution in [0.25, 0.3) is 5.57 Å². The molecule has 1 heterocycles. The zero-order valence-corrected chi connectivity index (χ0v) is 18.5. The fourth-order valence-corrected chi connectivity index (χ4v) is 3.83. The average Bonchev–Trinajstić information content (AvgIpc) is 2.80. The van der Waals surface area contributed by atoms with Gasteiger partial charge in [0.2, 0.25) is 0 Å². The van der Waals surface area contributed by atoms with E-state index in [0.717, 1.165) is 37.7 Å². The van der Waals surface area contributed by atoms with Crippen molar-refractivity contribution in [3.63, 3.8) is 0 Å². The van der Waals surface area contributed by atoms with Gasteiger partial charge in [-0.2, -0.15) is 0 Å². The zero-order valence-electron chi connectivity index (χ0n) is 18.5. The summed E-state index contributed by atoms with van der Waals surface area (Å²) in [4.78, 5) is 13.3. The highest BCUT2D eigenvalue weighted by Gasteiger charge is 2.20. The van der Waals surface area contributed by atoms with Gasteiger partial charge in [-0.05, 0) is 43.4 Å². The van der Waals surface area contributed by atoms with Gasteiger partial charge >= 0.3 is 0 Å². The van der Waals surface area contributed by atoms with E-state index in [0.29, 0.717) is 17.9 Å². The maximum absolute atomic E-state index is 13.3. The van der Waals surface area contributed by atoms with Gasteiger partial charge in [-0.25, -0.2) is 0 Å². The van der Waals surface area contributed by atoms with Gasteiger partial charge in [-0.3, -0.25) is 4.79 Å². The molecule has 0 spiro atoms. The molecule has 1 aliphatic rings. The van der Waals surface area contributed by atoms with E-state index >= 15 is 0 Å². The predicted molar refractivity (Wildman–Crippen MR) is 124 cm³/mol. The van der Waals surface area contributed by atoms with Crippen molar-refractivity contribution in [1.29, 1.82) is 0 Å². The highest BCUT2D eigenvalue weighted by Crippen LogP contribution is 2.30. The number of rotatable bonds is 11. The van der Waals surface area contributed by atoms with E-state index in [1.165, 1.54) is 31.7 Å². The fourth-order valence-electron chi connectivity index (χ4n) is 3.83. The molecule has 4 nitrogen and oxygen atoms in total. The molecule has 0 aliphatic carbocycles. The van der Waals surface area contributed by atoms with Crippen molar-refractivity contribution in [1.82, 2.24) is 0 Å². The molecular weight excluding hydrogens is 388 g/mol. The minimum atomic E-state index is -0.290. The van der Waals surface area contributed by atoms with E-state index in [2.05, 4.69) is 6.92 Å². The molecule has 0 radical (unpaired) electrons. The normalized spacial score (nSPS) is 16.8. The number of unbranched alkanes of at least 4 members (excludes halogenated alkanes) is 5. The SMILES string of the molecule is CCCCCCC/C=C(\C(=O)c1ccc(OC2CCCCO2)cc1O)c1ccccc1. The summed E-state index contributed by atoms with van der Waals surface area (Å²) in [6, 6.07) is 14.6. The molecule has 0 amide bonds. The largest absolute Gasteiger partial charge is 0.507 e. The number of Topliss-reactive ketones (excluding diaryl/α,β-unsaturated/α-hetero) is 1. The number of aromatic hydroxyl groups is 1. The monoisotopic (exact) mass is 422 g/mol. The Morgan fingerprint density at radius 1 is 1.10 bits per heavy atom. The van der Waals surface area contributed by atoms with Crippen LogP contribution in [0.5, 0.6) is 11.5 Å². The average molecular weight is 423 g/mol. The van der Waals surface area contributed by atoms with Crippen LogP contribution in [-0.4, -0.2) is 23.8 Å². The maximum atomic E-state index is 13.3. The van der Waals surface area contributed by atoms with Crippen LogP contribution >= 0.6 is 0 Å². The molecule has 3 rings (SSSR count). The molecule has 1 atom stereocenters. The minimum absolute atomic E-state index is 0.0666. The maximum Gasteiger partial charge on any atom is 0.199 e. The first kappa shape index (κ1) is 23.1. The summed E-state index contributed by atoms with van der Waals surface area (Å²) < 4.78 is 11.4. The summed E-state index contributed by atoms with van der Waals surface area (Å²) in [5, 5.41) is 10.6. The van der Waals surface area contributed by atoms with Crippen molar-refractivity contribution in [3.8, 4) is 11.5 Å². The molecule has 0 saturated carbocycles. The van der Waals surface area contributed by atoms with Crippen molar-refractivity contribution in [3.05, 3.63) is 65.7 Å². The van der Waals surface area contributed by atoms with Gasteiger partial charge < -0.3 is 14.6 Å². The first-order valence-corrected chi connectivity index (χ1v) is 11.6. The number of phenols is 1. The zero-order chi connectivity index (χ0) is 21.9. The summed E-state index contributed by atoms with van der Waals surface area (Å²) in [7, 11) is 0. The third kappa shape index (κ3) is 6.96. The lowest BCUT2D eigenvalue weighted by molar-refractivity contribution is -0.105. The quantitative estimate of drug-likeness (QED) is 0.242. The minimum Gasteiger partial charge on any atom is -0.507 e. The molecule has 1 fully saturated rings. The van der Waals surface area contributed by atoms with Gasteiger partial charge in [0.15, 0.2) is 12.1 Å². The molecule has 2 aromatic carbocycles. The Hall–Kier alpha value is -2.59. The Morgan fingerprint density at radius 3 is 2.61 bits per heavy atom. The van der Waals surface area contributed by atoms with Gasteiger partial charge in [0.1, 0.15) is 11.5 Å². The third-order valence-corrected chi connectivity index (χ3v) is 5.60. The summed E-state index contributed by atoms with van der Waals surface area (Å²) in [6.45, 7) is 2.90. The van der Waals surface area contributed by atoms with Gasteiger partial charge in [-0.1, -0.05) is 69.0 Å². The fraction of sp³-hybridized carbons (Fsp3) is 0.444. The topological polar surface area (TPSA) is 55.8 Å². The smallest absolute Gasteiger partial charge is 0.199 e. The van der Waals surface area contributed by atoms with Crippen molar-refractivity contribution in [2.75, 3.05) is 6.61 Å². The second-order valence-electron chi connectivity index (χ2n) is 8.11. The van der Waals surface area contributed by atoms with Gasteiger partial charge in [0, 0.05) is 18.1 Å². The van der Waals surface area contributed by atoms with Gasteiger partial charge in [-0.15, -0.1) is 0 Å². The number of benzene rings is 2. The first-order chi connectivity index (χ1) is 15.2. The number of carbonyl (C=O) groups excluding carboxylic acids is 1. The number of allylic oxidation sites excluding steroid dienone is 2. The molecule has 2 aromatic rings. The standard InChI is InChI=1S/C27H34O4/c1-2-3-4-5-6-10-15-23(21-13-8-7-9-14-21)27(29)24-18-17-22(20-25(24)28)31-26-16-11-12-19-30-26/h7-9,13-15,17-18,20,26,28H,2-6,10-12,16,19H2,1H3/b23-15-. The number of hydrogen-bond donors (Lipinski definition) is 1. The number of ketones is 1. The third-order valence-electron chi connectivity index (χ3n) is 5.60. The van der Waals surface area contributed by atoms with Crippen LogP contribution in [0.2, 0.25) is 0 Å². The Balaban J connectivity index is 1.73. The summed E-state index contributed by atoms with van der Waals surface area (Å²) in [5.74, 6) is 0.280. The van der Waals surface area contributed by atoms with Crippen LogP contribution in [0.1, 0.15) is 80.6 Å². The van der Waals surface area contributed by atoms with Gasteiger partial charge in [0.25, 0.3) is 0 Å². The van der Waals surface area contributed by atoms with E-state index < -0.39 is 0 Å². The van der Waals surface area contributed by atoms with E-state index in [1.54, 1.807) is 12.1 Å². The van der Waals surface area contributed by atoms with Crippen LogP contribution < -0.4 is 4.74 Å². The van der Waals surface area contributed by atoms with E-state index in [-0.39, 0.29) is 23.4 Å². The lowest BCUT2D eigenvalue weighted by atomic mass is 9.94. The van der Waals surface area contributed by atoms with Gasteiger partial charge in [0.05, 0.1) is 12.2 Å². The molecule has 1 unspecified atom stereocenters. The highest BCUT2D eigenvalue weighted by atomic mass is 16.7. The van der Waals surface area contributed by atoms with E-state index in [1.807, 2.05) is 36.4 Å². The van der Waals surface area contributed by atoms with Crippen LogP contribution in [0.4, 0.5) is 0 Å². The lowest BCUT2D eigenvalue weighted by Crippen LogP contribution is -2.24. The number of ether oxygens (including phenoxy) is 2. The van der Waals surface area contributed by atoms with Crippen LogP contribution in [-0.2, 0) is 4.74 Å². The van der Waals surface area contributed by atoms with E-state index in [9.17, 15) is 9.90 Å². The first-order valence-electron chi connectivity index (χ1n) is 11.6. The van der Waals surface area contributed by atoms with Crippen LogP contribution in [0, 0.1) is 0 Å². The lowest BCUT2D eigenvalue weighted by Gasteiger charge is -2.23. The Morgan fingerprint density at radius 2 is 1.90 bits per heavy atom. The van der Waals surface area contributed by atoms with Crippen molar-refractivity contribution in [2.45, 2.75) is 71.0 Å². The van der Waals surface area contributed by atoms with Crippen molar-refractivity contribution >= 4 is 11.4 Å². The summed E-state index contributed by atoms with van der Waals surface area (Å²) in [5.41, 5.74) is 1.80. The molecule has 1 saturated heterocycles. The Labute approximate surface area is 185 Å². The van der Waals surface area contributed by atoms with Crippen LogP contribution in [0.15, 0.2) is 54.6 Å². The Bertz CT molecular complexity index is 851. The second-order valence-corrected chi connectivity index (χ2v) is 8.11. The predicted octanol–water partition coefficient (Wildman–Crippen LogP) is 6.92. The Kier molecular flexibility index (Phi) is 9.16. The molecule has 166 valence electrons. The molecule has 0 bridgehead atoms. The molecule has 0 aromatic heterocycles. The molecule has 31 heavy (non-hydrogen) atoms. The summed E-state index contributed by atoms with van der Waals surface area (Å²) >= 11 is 0. The summed E-state index contributed by atoms with van der Waals surface area (Å²) in [6.07, 6.45) is 11.4. The van der Waals surface area contributed by atoms with Crippen LogP contribution in [0.3, 0.4) is 0 Å². The molecule has 1 N–H and O–H groups in total. The molecule has 4 heteroatoms. The van der Waals surface area contributed by atoms with Crippen molar-refractivity contribution < 1.29 is 19.4 Å². The second kappa shape index (κ2) is 12.3. The van der Waals surface area contributed by atoms with Crippen molar-refractivity contribution in [2.24, 2.45) is 0 Å². The highest BCUT2D eigenvalue weighted by molar-refractivity contribution is 6.29. The number of carbonyl (C=O) groups is 1. The number of hydrogen-bond acceptors (Lipinski definition) is 4. The number of phenolic OH excluding ortho intramolecular Hbond substituents is 1. The molecule has 1 aliphatic heterocycles.